The van der Waals surface area contributed by atoms with Gasteiger partial charge in [-0.25, -0.2) is 0 Å². The molecule has 1 fully saturated rings. The maximum absolute atomic E-state index is 11.9. The Kier molecular flexibility index (Phi) is 3.31. The molecule has 1 amide bonds. The van der Waals surface area contributed by atoms with Crippen LogP contribution < -0.4 is 0 Å². The van der Waals surface area contributed by atoms with Crippen LogP contribution in [0.15, 0.2) is 0 Å². The second kappa shape index (κ2) is 3.90. The van der Waals surface area contributed by atoms with Crippen LogP contribution in [0.25, 0.3) is 0 Å². The zero-order chi connectivity index (χ0) is 11.9. The summed E-state index contributed by atoms with van der Waals surface area (Å²) in [5.41, 5.74) is -0.0635. The van der Waals surface area contributed by atoms with E-state index < -0.39 is 0 Å². The second-order valence-corrected chi connectivity index (χ2v) is 6.56. The van der Waals surface area contributed by atoms with Gasteiger partial charge in [-0.1, -0.05) is 20.8 Å². The number of likely N-dealkylation sites (tertiary alicyclic amines) is 1. The average Bonchev–Trinajstić information content (AvgIpc) is 2.08. The lowest BCUT2D eigenvalue weighted by Gasteiger charge is -2.58. The molecule has 0 aromatic heterocycles. The fourth-order valence-electron chi connectivity index (χ4n) is 2.90. The summed E-state index contributed by atoms with van der Waals surface area (Å²) in [4.78, 5) is 13.9. The van der Waals surface area contributed by atoms with Gasteiger partial charge < -0.3 is 9.33 Å². The lowest BCUT2D eigenvalue weighted by molar-refractivity contribution is -0.179. The van der Waals surface area contributed by atoms with Crippen molar-refractivity contribution in [2.75, 3.05) is 13.2 Å². The molecule has 0 aromatic rings. The van der Waals surface area contributed by atoms with E-state index in [0.717, 1.165) is 17.0 Å². The summed E-state index contributed by atoms with van der Waals surface area (Å²) in [6, 6.07) is 0.328. The van der Waals surface area contributed by atoms with Crippen LogP contribution in [0.4, 0.5) is 0 Å². The van der Waals surface area contributed by atoms with E-state index in [-0.39, 0.29) is 16.7 Å². The zero-order valence-corrected chi connectivity index (χ0v) is 12.8. The van der Waals surface area contributed by atoms with Gasteiger partial charge in [-0.05, 0) is 19.3 Å². The standard InChI is InChI=1S/C11H23NO2Si/c1-10(2,3)8-11(4,5)9(13)12(8)6-7-14-15/h8H,6-7H2,1-5,15H3. The van der Waals surface area contributed by atoms with Crippen LogP contribution in [-0.4, -0.2) is 40.5 Å². The summed E-state index contributed by atoms with van der Waals surface area (Å²) in [6.07, 6.45) is 0. The van der Waals surface area contributed by atoms with Crippen molar-refractivity contribution in [2.45, 2.75) is 40.7 Å². The van der Waals surface area contributed by atoms with Gasteiger partial charge in [0.15, 0.2) is 0 Å². The van der Waals surface area contributed by atoms with Crippen LogP contribution in [-0.2, 0) is 9.22 Å². The Morgan fingerprint density at radius 2 is 2.00 bits per heavy atom. The molecular formula is C11H23NO2Si. The maximum Gasteiger partial charge on any atom is 0.230 e. The van der Waals surface area contributed by atoms with E-state index in [9.17, 15) is 4.79 Å². The van der Waals surface area contributed by atoms with Crippen LogP contribution in [0.1, 0.15) is 34.6 Å². The molecule has 88 valence electrons. The fourth-order valence-corrected chi connectivity index (χ4v) is 3.08. The number of carbonyl (C=O) groups is 1. The fraction of sp³-hybridized carbons (Fsp3) is 0.909. The van der Waals surface area contributed by atoms with Crippen molar-refractivity contribution in [1.82, 2.24) is 4.90 Å². The highest BCUT2D eigenvalue weighted by Crippen LogP contribution is 2.47. The van der Waals surface area contributed by atoms with Gasteiger partial charge in [-0.3, -0.25) is 4.79 Å². The largest absolute Gasteiger partial charge is 0.426 e. The summed E-state index contributed by atoms with van der Waals surface area (Å²) in [5.74, 6) is 0.265. The van der Waals surface area contributed by atoms with E-state index in [4.69, 9.17) is 4.43 Å². The first-order valence-electron chi connectivity index (χ1n) is 5.53. The molecule has 0 radical (unpaired) electrons. The van der Waals surface area contributed by atoms with E-state index in [1.54, 1.807) is 0 Å². The van der Waals surface area contributed by atoms with Crippen LogP contribution >= 0.6 is 0 Å². The third-order valence-electron chi connectivity index (χ3n) is 3.16. The van der Waals surface area contributed by atoms with Gasteiger partial charge in [0.05, 0.1) is 18.1 Å². The third kappa shape index (κ3) is 2.11. The van der Waals surface area contributed by atoms with E-state index in [1.807, 2.05) is 18.7 Å². The molecule has 3 nitrogen and oxygen atoms in total. The van der Waals surface area contributed by atoms with Crippen LogP contribution in [0.2, 0.25) is 0 Å². The highest BCUT2D eigenvalue weighted by Gasteiger charge is 2.57. The van der Waals surface area contributed by atoms with Crippen LogP contribution in [0, 0.1) is 10.8 Å². The minimum absolute atomic E-state index is 0.141. The molecule has 0 bridgehead atoms. The molecule has 1 atom stereocenters. The number of nitrogens with zero attached hydrogens (tertiary/aromatic N) is 1. The van der Waals surface area contributed by atoms with E-state index in [2.05, 4.69) is 20.8 Å². The molecule has 15 heavy (non-hydrogen) atoms. The summed E-state index contributed by atoms with van der Waals surface area (Å²) in [5, 5.41) is 0. The van der Waals surface area contributed by atoms with Crippen molar-refractivity contribution in [3.8, 4) is 0 Å². The summed E-state index contributed by atoms with van der Waals surface area (Å²) < 4.78 is 5.17. The first kappa shape index (κ1) is 12.7. The summed E-state index contributed by atoms with van der Waals surface area (Å²) in [6.45, 7) is 12.1. The number of amides is 1. The molecule has 1 heterocycles. The molecule has 1 rings (SSSR count). The quantitative estimate of drug-likeness (QED) is 0.523. The SMILES string of the molecule is CC(C)(C)C1N(CCO[SiH3])C(=O)C1(C)C. The minimum atomic E-state index is -0.205. The highest BCUT2D eigenvalue weighted by atomic mass is 28.2. The van der Waals surface area contributed by atoms with Gasteiger partial charge >= 0.3 is 0 Å². The molecule has 0 aromatic carbocycles. The van der Waals surface area contributed by atoms with Crippen molar-refractivity contribution >= 4 is 16.4 Å². The number of rotatable bonds is 3. The molecule has 1 saturated heterocycles. The number of hydrogen-bond acceptors (Lipinski definition) is 2. The normalized spacial score (nSPS) is 25.5. The Labute approximate surface area is 95.7 Å². The molecule has 1 unspecified atom stereocenters. The second-order valence-electron chi connectivity index (χ2n) is 5.98. The first-order chi connectivity index (χ1) is 6.73. The van der Waals surface area contributed by atoms with Gasteiger partial charge in [0, 0.05) is 6.54 Å². The Balaban J connectivity index is 2.77. The zero-order valence-electron chi connectivity index (χ0n) is 10.8. The Bertz CT molecular complexity index is 258. The smallest absolute Gasteiger partial charge is 0.230 e. The Hall–Kier alpha value is -0.353. The molecule has 1 aliphatic rings. The third-order valence-corrected chi connectivity index (χ3v) is 3.57. The van der Waals surface area contributed by atoms with Gasteiger partial charge in [0.25, 0.3) is 0 Å². The van der Waals surface area contributed by atoms with Crippen molar-refractivity contribution < 1.29 is 9.22 Å². The number of hydrogen-bond donors (Lipinski definition) is 0. The molecule has 0 aliphatic carbocycles. The molecular weight excluding hydrogens is 206 g/mol. The van der Waals surface area contributed by atoms with Crippen molar-refractivity contribution in [3.63, 3.8) is 0 Å². The molecule has 1 aliphatic heterocycles. The summed E-state index contributed by atoms with van der Waals surface area (Å²) >= 11 is 0. The number of β-lactam (4-membered cyclic amide) rings is 1. The van der Waals surface area contributed by atoms with E-state index in [1.165, 1.54) is 0 Å². The summed E-state index contributed by atoms with van der Waals surface area (Å²) in [7, 11) is 0.747. The van der Waals surface area contributed by atoms with Crippen LogP contribution in [0.3, 0.4) is 0 Å². The predicted octanol–water partition coefficient (Wildman–Crippen LogP) is 0.566. The van der Waals surface area contributed by atoms with Gasteiger partial charge in [-0.2, -0.15) is 0 Å². The monoisotopic (exact) mass is 229 g/mol. The van der Waals surface area contributed by atoms with Gasteiger partial charge in [0.1, 0.15) is 10.5 Å². The minimum Gasteiger partial charge on any atom is -0.426 e. The molecule has 0 spiro atoms. The van der Waals surface area contributed by atoms with Crippen molar-refractivity contribution in [1.29, 1.82) is 0 Å². The highest BCUT2D eigenvalue weighted by molar-refractivity contribution is 5.98. The van der Waals surface area contributed by atoms with Gasteiger partial charge in [0.2, 0.25) is 5.91 Å². The predicted molar refractivity (Wildman–Crippen MR) is 64.6 cm³/mol. The van der Waals surface area contributed by atoms with Crippen LogP contribution in [0.5, 0.6) is 0 Å². The topological polar surface area (TPSA) is 29.5 Å². The first-order valence-corrected chi connectivity index (χ1v) is 6.34. The van der Waals surface area contributed by atoms with E-state index >= 15 is 0 Å². The molecule has 0 saturated carbocycles. The lowest BCUT2D eigenvalue weighted by Crippen LogP contribution is -2.71. The maximum atomic E-state index is 11.9. The Morgan fingerprint density at radius 1 is 1.47 bits per heavy atom. The number of carbonyl (C=O) groups excluding carboxylic acids is 1. The van der Waals surface area contributed by atoms with E-state index in [0.29, 0.717) is 12.6 Å². The lowest BCUT2D eigenvalue weighted by atomic mass is 9.63. The van der Waals surface area contributed by atoms with Gasteiger partial charge in [-0.15, -0.1) is 0 Å². The van der Waals surface area contributed by atoms with Crippen molar-refractivity contribution in [3.05, 3.63) is 0 Å². The molecule has 0 N–H and O–H groups in total. The Morgan fingerprint density at radius 3 is 2.40 bits per heavy atom. The van der Waals surface area contributed by atoms with Crippen molar-refractivity contribution in [2.24, 2.45) is 10.8 Å². The molecule has 4 heteroatoms. The average molecular weight is 229 g/mol.